The van der Waals surface area contributed by atoms with Crippen molar-refractivity contribution in [2.24, 2.45) is 0 Å². The minimum Gasteiger partial charge on any atom is -0.294 e. The van der Waals surface area contributed by atoms with E-state index in [-0.39, 0.29) is 11.6 Å². The fourth-order valence-corrected chi connectivity index (χ4v) is 1.53. The van der Waals surface area contributed by atoms with E-state index in [1.807, 2.05) is 0 Å². The topological polar surface area (TPSA) is 34.1 Å². The highest BCUT2D eigenvalue weighted by Crippen LogP contribution is 2.27. The van der Waals surface area contributed by atoms with Gasteiger partial charge in [-0.3, -0.25) is 9.59 Å². The Kier molecular flexibility index (Phi) is 2.41. The second-order valence-corrected chi connectivity index (χ2v) is 3.56. The van der Waals surface area contributed by atoms with Crippen molar-refractivity contribution in [1.29, 1.82) is 0 Å². The van der Waals surface area contributed by atoms with Crippen molar-refractivity contribution in [3.05, 3.63) is 8.96 Å². The van der Waals surface area contributed by atoms with Gasteiger partial charge in [0.15, 0.2) is 11.6 Å². The zero-order valence-corrected chi connectivity index (χ0v) is 8.16. The summed E-state index contributed by atoms with van der Waals surface area (Å²) in [4.78, 5) is 21.7. The highest BCUT2D eigenvalue weighted by atomic mass is 79.9. The van der Waals surface area contributed by atoms with Gasteiger partial charge in [0.25, 0.3) is 0 Å². The molecule has 1 rings (SSSR count). The maximum Gasteiger partial charge on any atom is 0.171 e. The number of rotatable bonds is 0. The summed E-state index contributed by atoms with van der Waals surface area (Å²) in [5.74, 6) is -0.0158. The predicted octanol–water partition coefficient (Wildman–Crippen LogP) is 1.92. The van der Waals surface area contributed by atoms with Crippen LogP contribution in [-0.2, 0) is 9.59 Å². The van der Waals surface area contributed by atoms with E-state index in [1.54, 1.807) is 0 Å². The van der Waals surface area contributed by atoms with Crippen molar-refractivity contribution in [2.75, 3.05) is 0 Å². The largest absolute Gasteiger partial charge is 0.294 e. The lowest BCUT2D eigenvalue weighted by Gasteiger charge is -2.07. The molecule has 54 valence electrons. The maximum atomic E-state index is 10.9. The molecule has 1 aliphatic rings. The Labute approximate surface area is 74.9 Å². The molecule has 0 amide bonds. The van der Waals surface area contributed by atoms with E-state index in [0.717, 1.165) is 0 Å². The maximum absolute atomic E-state index is 10.9. The standard InChI is InChI=1S/C6H4Br2O2/c7-5-3(9)1-2-4(10)6(5)8/h1-2H2. The summed E-state index contributed by atoms with van der Waals surface area (Å²) in [5.41, 5.74) is 0. The second kappa shape index (κ2) is 2.96. The molecule has 4 heteroatoms. The molecule has 10 heavy (non-hydrogen) atoms. The van der Waals surface area contributed by atoms with Gasteiger partial charge in [-0.15, -0.1) is 0 Å². The van der Waals surface area contributed by atoms with Crippen LogP contribution in [0.25, 0.3) is 0 Å². The molecule has 0 atom stereocenters. The Morgan fingerprint density at radius 1 is 0.900 bits per heavy atom. The molecular formula is C6H4Br2O2. The molecule has 0 spiro atoms. The zero-order valence-electron chi connectivity index (χ0n) is 4.99. The van der Waals surface area contributed by atoms with E-state index in [1.165, 1.54) is 0 Å². The van der Waals surface area contributed by atoms with E-state index < -0.39 is 0 Å². The first-order chi connectivity index (χ1) is 4.63. The van der Waals surface area contributed by atoms with Crippen molar-refractivity contribution in [1.82, 2.24) is 0 Å². The third kappa shape index (κ3) is 1.37. The monoisotopic (exact) mass is 266 g/mol. The first-order valence-electron chi connectivity index (χ1n) is 2.74. The molecule has 0 heterocycles. The number of Topliss-reactive ketones (excluding diaryl/α,β-unsaturated/α-hetero) is 2. The molecule has 0 bridgehead atoms. The Balaban J connectivity index is 3.03. The predicted molar refractivity (Wildman–Crippen MR) is 44.1 cm³/mol. The third-order valence-corrected chi connectivity index (χ3v) is 3.47. The van der Waals surface area contributed by atoms with Gasteiger partial charge in [-0.2, -0.15) is 0 Å². The van der Waals surface area contributed by atoms with Crippen molar-refractivity contribution >= 4 is 43.4 Å². The lowest BCUT2D eigenvalue weighted by Crippen LogP contribution is -2.13. The van der Waals surface area contributed by atoms with Gasteiger partial charge < -0.3 is 0 Å². The van der Waals surface area contributed by atoms with Crippen molar-refractivity contribution in [3.63, 3.8) is 0 Å². The minimum absolute atomic E-state index is 0.00789. The van der Waals surface area contributed by atoms with Crippen LogP contribution in [0.2, 0.25) is 0 Å². The first-order valence-corrected chi connectivity index (χ1v) is 4.33. The molecule has 0 saturated heterocycles. The van der Waals surface area contributed by atoms with Crippen LogP contribution >= 0.6 is 31.9 Å². The fourth-order valence-electron chi connectivity index (χ4n) is 0.691. The van der Waals surface area contributed by atoms with Crippen molar-refractivity contribution in [2.45, 2.75) is 12.8 Å². The summed E-state index contributed by atoms with van der Waals surface area (Å²) in [5, 5.41) is 0. The lowest BCUT2D eigenvalue weighted by atomic mass is 10.1. The summed E-state index contributed by atoms with van der Waals surface area (Å²) in [6.45, 7) is 0. The van der Waals surface area contributed by atoms with Gasteiger partial charge in [-0.1, -0.05) is 0 Å². The SMILES string of the molecule is O=C1CCC(=O)C(Br)=C1Br. The molecule has 0 saturated carbocycles. The second-order valence-electron chi connectivity index (χ2n) is 1.97. The van der Waals surface area contributed by atoms with E-state index >= 15 is 0 Å². The molecule has 1 aliphatic carbocycles. The molecule has 0 aliphatic heterocycles. The number of carbonyl (C=O) groups excluding carboxylic acids is 2. The van der Waals surface area contributed by atoms with Crippen LogP contribution in [0.5, 0.6) is 0 Å². The molecule has 0 aromatic heterocycles. The van der Waals surface area contributed by atoms with E-state index in [4.69, 9.17) is 0 Å². The van der Waals surface area contributed by atoms with E-state index in [2.05, 4.69) is 31.9 Å². The Bertz CT molecular complexity index is 206. The number of allylic oxidation sites excluding steroid dienone is 2. The Morgan fingerprint density at radius 3 is 1.50 bits per heavy atom. The minimum atomic E-state index is -0.00789. The molecule has 0 aromatic rings. The number of carbonyl (C=O) groups is 2. The summed E-state index contributed by atoms with van der Waals surface area (Å²) >= 11 is 6.04. The van der Waals surface area contributed by atoms with Gasteiger partial charge >= 0.3 is 0 Å². The van der Waals surface area contributed by atoms with Crippen LogP contribution in [0.1, 0.15) is 12.8 Å². The number of halogens is 2. The number of hydrogen-bond acceptors (Lipinski definition) is 2. The number of ketones is 2. The Morgan fingerprint density at radius 2 is 1.20 bits per heavy atom. The summed E-state index contributed by atoms with van der Waals surface area (Å²) in [7, 11) is 0. The van der Waals surface area contributed by atoms with E-state index in [9.17, 15) is 9.59 Å². The number of hydrogen-bond donors (Lipinski definition) is 0. The van der Waals surface area contributed by atoms with Crippen LogP contribution in [0.3, 0.4) is 0 Å². The average molecular weight is 268 g/mol. The average Bonchev–Trinajstić information content (AvgIpc) is 1.93. The molecular weight excluding hydrogens is 264 g/mol. The van der Waals surface area contributed by atoms with Crippen LogP contribution in [0, 0.1) is 0 Å². The lowest BCUT2D eigenvalue weighted by molar-refractivity contribution is -0.121. The summed E-state index contributed by atoms with van der Waals surface area (Å²) in [6, 6.07) is 0. The van der Waals surface area contributed by atoms with Crippen LogP contribution < -0.4 is 0 Å². The van der Waals surface area contributed by atoms with E-state index in [0.29, 0.717) is 21.8 Å². The van der Waals surface area contributed by atoms with Crippen LogP contribution in [0.15, 0.2) is 8.96 Å². The summed E-state index contributed by atoms with van der Waals surface area (Å²) < 4.78 is 0.757. The molecule has 0 unspecified atom stereocenters. The smallest absolute Gasteiger partial charge is 0.171 e. The molecule has 0 fully saturated rings. The van der Waals surface area contributed by atoms with Gasteiger partial charge in [0.1, 0.15) is 0 Å². The summed E-state index contributed by atoms with van der Waals surface area (Å²) in [6.07, 6.45) is 0.656. The van der Waals surface area contributed by atoms with Gasteiger partial charge in [0.2, 0.25) is 0 Å². The van der Waals surface area contributed by atoms with Gasteiger partial charge in [-0.05, 0) is 31.9 Å². The van der Waals surface area contributed by atoms with Gasteiger partial charge in [0.05, 0.1) is 8.96 Å². The molecule has 0 N–H and O–H groups in total. The van der Waals surface area contributed by atoms with Gasteiger partial charge in [-0.25, -0.2) is 0 Å². The highest BCUT2D eigenvalue weighted by molar-refractivity contribution is 9.14. The first kappa shape index (κ1) is 8.14. The van der Waals surface area contributed by atoms with Crippen LogP contribution in [0.4, 0.5) is 0 Å². The Hall–Kier alpha value is 0.0400. The highest BCUT2D eigenvalue weighted by Gasteiger charge is 2.22. The fraction of sp³-hybridized carbons (Fsp3) is 0.333. The van der Waals surface area contributed by atoms with Crippen molar-refractivity contribution in [3.8, 4) is 0 Å². The van der Waals surface area contributed by atoms with Crippen LogP contribution in [-0.4, -0.2) is 11.6 Å². The van der Waals surface area contributed by atoms with Crippen molar-refractivity contribution < 1.29 is 9.59 Å². The van der Waals surface area contributed by atoms with Gasteiger partial charge in [0, 0.05) is 12.8 Å². The molecule has 0 radical (unpaired) electrons. The molecule has 0 aromatic carbocycles. The quantitative estimate of drug-likeness (QED) is 0.672. The zero-order chi connectivity index (χ0) is 7.72. The molecule has 2 nitrogen and oxygen atoms in total. The normalized spacial score (nSPS) is 20.2. The third-order valence-electron chi connectivity index (χ3n) is 1.26.